The van der Waals surface area contributed by atoms with Gasteiger partial charge in [0.15, 0.2) is 0 Å². The van der Waals surface area contributed by atoms with Gasteiger partial charge in [0.25, 0.3) is 0 Å². The normalized spacial score (nSPS) is 12.2. The zero-order valence-electron chi connectivity index (χ0n) is 10.7. The van der Waals surface area contributed by atoms with Crippen molar-refractivity contribution >= 4 is 15.9 Å². The molecule has 0 atom stereocenters. The van der Waals surface area contributed by atoms with Crippen molar-refractivity contribution < 1.29 is 26.4 Å². The molecule has 1 amide bonds. The Morgan fingerprint density at radius 2 is 1.80 bits per heavy atom. The van der Waals surface area contributed by atoms with Gasteiger partial charge in [-0.25, -0.2) is 13.1 Å². The SMILES string of the molecule is CN(C)C(=O)CNS(=O)(=O)c1ccccc1C(F)(F)F. The summed E-state index contributed by atoms with van der Waals surface area (Å²) in [6.45, 7) is -0.610. The molecule has 0 bridgehead atoms. The highest BCUT2D eigenvalue weighted by Crippen LogP contribution is 2.33. The van der Waals surface area contributed by atoms with Crippen molar-refractivity contribution in [3.8, 4) is 0 Å². The molecule has 0 fully saturated rings. The predicted octanol–water partition coefficient (Wildman–Crippen LogP) is 1.07. The summed E-state index contributed by atoms with van der Waals surface area (Å²) in [7, 11) is -1.61. The zero-order chi connectivity index (χ0) is 15.6. The van der Waals surface area contributed by atoms with E-state index in [1.54, 1.807) is 0 Å². The molecule has 20 heavy (non-hydrogen) atoms. The van der Waals surface area contributed by atoms with Crippen LogP contribution in [0.2, 0.25) is 0 Å². The van der Waals surface area contributed by atoms with Crippen LogP contribution in [-0.2, 0) is 21.0 Å². The van der Waals surface area contributed by atoms with Crippen LogP contribution in [0.25, 0.3) is 0 Å². The Kier molecular flexibility index (Phi) is 4.77. The van der Waals surface area contributed by atoms with Gasteiger partial charge in [-0.15, -0.1) is 0 Å². The lowest BCUT2D eigenvalue weighted by molar-refractivity contribution is -0.139. The molecule has 1 aromatic carbocycles. The van der Waals surface area contributed by atoms with E-state index in [1.165, 1.54) is 20.2 Å². The molecule has 0 aliphatic rings. The predicted molar refractivity (Wildman–Crippen MR) is 65.3 cm³/mol. The molecule has 0 aliphatic carbocycles. The number of carbonyl (C=O) groups is 1. The lowest BCUT2D eigenvalue weighted by Gasteiger charge is -2.14. The summed E-state index contributed by atoms with van der Waals surface area (Å²) in [5.74, 6) is -0.571. The first-order chi connectivity index (χ1) is 9.05. The van der Waals surface area contributed by atoms with E-state index in [4.69, 9.17) is 0 Å². The fourth-order valence-corrected chi connectivity index (χ4v) is 2.53. The van der Waals surface area contributed by atoms with Gasteiger partial charge in [-0.2, -0.15) is 13.2 Å². The lowest BCUT2D eigenvalue weighted by atomic mass is 10.2. The number of rotatable bonds is 4. The molecule has 1 aromatic rings. The van der Waals surface area contributed by atoms with E-state index in [1.807, 2.05) is 4.72 Å². The van der Waals surface area contributed by atoms with E-state index in [0.29, 0.717) is 6.07 Å². The number of carbonyl (C=O) groups excluding carboxylic acids is 1. The molecule has 0 aliphatic heterocycles. The summed E-state index contributed by atoms with van der Waals surface area (Å²) < 4.78 is 63.8. The Balaban J connectivity index is 3.08. The summed E-state index contributed by atoms with van der Waals surface area (Å²) in [6, 6.07) is 3.78. The lowest BCUT2D eigenvalue weighted by Crippen LogP contribution is -2.36. The molecule has 0 radical (unpaired) electrons. The second-order valence-electron chi connectivity index (χ2n) is 4.11. The number of nitrogens with zero attached hydrogens (tertiary/aromatic N) is 1. The van der Waals surface area contributed by atoms with E-state index in [2.05, 4.69) is 0 Å². The highest BCUT2D eigenvalue weighted by atomic mass is 32.2. The third-order valence-electron chi connectivity index (χ3n) is 2.39. The molecule has 0 saturated carbocycles. The largest absolute Gasteiger partial charge is 0.417 e. The van der Waals surface area contributed by atoms with Crippen LogP contribution in [0.15, 0.2) is 29.2 Å². The van der Waals surface area contributed by atoms with Gasteiger partial charge < -0.3 is 4.90 Å². The quantitative estimate of drug-likeness (QED) is 0.905. The molecule has 0 saturated heterocycles. The average Bonchev–Trinajstić information content (AvgIpc) is 2.35. The molecule has 0 aromatic heterocycles. The first-order valence-corrected chi connectivity index (χ1v) is 6.90. The van der Waals surface area contributed by atoms with E-state index in [-0.39, 0.29) is 0 Å². The number of halogens is 3. The van der Waals surface area contributed by atoms with Crippen LogP contribution >= 0.6 is 0 Å². The number of amides is 1. The highest BCUT2D eigenvalue weighted by molar-refractivity contribution is 7.89. The summed E-state index contributed by atoms with van der Waals surface area (Å²) in [4.78, 5) is 11.5. The number of alkyl halides is 3. The second kappa shape index (κ2) is 5.80. The summed E-state index contributed by atoms with van der Waals surface area (Å²) in [5.41, 5.74) is -1.27. The number of benzene rings is 1. The Labute approximate surface area is 114 Å². The minimum absolute atomic E-state index is 0.571. The van der Waals surface area contributed by atoms with Crippen LogP contribution in [0.1, 0.15) is 5.56 Å². The third kappa shape index (κ3) is 3.94. The summed E-state index contributed by atoms with van der Waals surface area (Å²) in [6.07, 6.45) is -4.79. The van der Waals surface area contributed by atoms with Crippen LogP contribution in [0.5, 0.6) is 0 Å². The smallest absolute Gasteiger partial charge is 0.348 e. The van der Waals surface area contributed by atoms with Crippen LogP contribution in [-0.4, -0.2) is 39.9 Å². The average molecular weight is 310 g/mol. The van der Waals surface area contributed by atoms with E-state index >= 15 is 0 Å². The van der Waals surface area contributed by atoms with Gasteiger partial charge >= 0.3 is 6.18 Å². The summed E-state index contributed by atoms with van der Waals surface area (Å²) in [5, 5.41) is 0. The fraction of sp³-hybridized carbons (Fsp3) is 0.364. The molecule has 5 nitrogen and oxygen atoms in total. The topological polar surface area (TPSA) is 66.5 Å². The number of likely N-dealkylation sites (N-methyl/N-ethyl adjacent to an activating group) is 1. The van der Waals surface area contributed by atoms with Gasteiger partial charge in [-0.3, -0.25) is 4.79 Å². The Morgan fingerprint density at radius 1 is 1.25 bits per heavy atom. The number of sulfonamides is 1. The molecule has 112 valence electrons. The second-order valence-corrected chi connectivity index (χ2v) is 5.84. The van der Waals surface area contributed by atoms with Crippen molar-refractivity contribution in [3.05, 3.63) is 29.8 Å². The maximum atomic E-state index is 12.7. The van der Waals surface area contributed by atoms with Crippen molar-refractivity contribution in [1.82, 2.24) is 9.62 Å². The van der Waals surface area contributed by atoms with Gasteiger partial charge in [0.1, 0.15) is 0 Å². The monoisotopic (exact) mass is 310 g/mol. The molecular weight excluding hydrogens is 297 g/mol. The highest BCUT2D eigenvalue weighted by Gasteiger charge is 2.36. The van der Waals surface area contributed by atoms with Gasteiger partial charge in [-0.1, -0.05) is 12.1 Å². The van der Waals surface area contributed by atoms with E-state index in [0.717, 1.165) is 17.0 Å². The van der Waals surface area contributed by atoms with Crippen LogP contribution in [0.3, 0.4) is 0 Å². The molecular formula is C11H13F3N2O3S. The van der Waals surface area contributed by atoms with Crippen molar-refractivity contribution in [3.63, 3.8) is 0 Å². The van der Waals surface area contributed by atoms with Crippen molar-refractivity contribution in [1.29, 1.82) is 0 Å². The zero-order valence-corrected chi connectivity index (χ0v) is 11.5. The molecule has 0 spiro atoms. The van der Waals surface area contributed by atoms with Crippen LogP contribution < -0.4 is 4.72 Å². The van der Waals surface area contributed by atoms with Gasteiger partial charge in [0, 0.05) is 14.1 Å². The molecule has 0 heterocycles. The fourth-order valence-electron chi connectivity index (χ4n) is 1.33. The number of hydrogen-bond donors (Lipinski definition) is 1. The van der Waals surface area contributed by atoms with Crippen LogP contribution in [0, 0.1) is 0 Å². The molecule has 0 unspecified atom stereocenters. The Hall–Kier alpha value is -1.61. The first kappa shape index (κ1) is 16.4. The van der Waals surface area contributed by atoms with Gasteiger partial charge in [0.2, 0.25) is 15.9 Å². The Bertz CT molecular complexity index is 597. The number of hydrogen-bond acceptors (Lipinski definition) is 3. The van der Waals surface area contributed by atoms with Crippen molar-refractivity contribution in [2.75, 3.05) is 20.6 Å². The summed E-state index contributed by atoms with van der Waals surface area (Å²) >= 11 is 0. The van der Waals surface area contributed by atoms with Crippen molar-refractivity contribution in [2.24, 2.45) is 0 Å². The number of nitrogens with one attached hydrogen (secondary N) is 1. The molecule has 1 N–H and O–H groups in total. The minimum Gasteiger partial charge on any atom is -0.348 e. The van der Waals surface area contributed by atoms with E-state index < -0.39 is 39.1 Å². The maximum absolute atomic E-state index is 12.7. The van der Waals surface area contributed by atoms with Gasteiger partial charge in [0.05, 0.1) is 17.0 Å². The van der Waals surface area contributed by atoms with Crippen LogP contribution in [0.4, 0.5) is 13.2 Å². The van der Waals surface area contributed by atoms with Gasteiger partial charge in [-0.05, 0) is 12.1 Å². The molecule has 9 heteroatoms. The first-order valence-electron chi connectivity index (χ1n) is 5.42. The van der Waals surface area contributed by atoms with Crippen molar-refractivity contribution in [2.45, 2.75) is 11.1 Å². The molecule has 1 rings (SSSR count). The minimum atomic E-state index is -4.79. The standard InChI is InChI=1S/C11H13F3N2O3S/c1-16(2)10(17)7-15-20(18,19)9-6-4-3-5-8(9)11(12,13)14/h3-6,15H,7H2,1-2H3. The Morgan fingerprint density at radius 3 is 2.30 bits per heavy atom. The maximum Gasteiger partial charge on any atom is 0.417 e. The van der Waals surface area contributed by atoms with E-state index in [9.17, 15) is 26.4 Å². The third-order valence-corrected chi connectivity index (χ3v) is 3.85.